The maximum Gasteiger partial charge on any atom is 0.341 e. The van der Waals surface area contributed by atoms with Crippen molar-refractivity contribution in [3.63, 3.8) is 0 Å². The van der Waals surface area contributed by atoms with Crippen LogP contribution in [0.2, 0.25) is 0 Å². The first-order valence-electron chi connectivity index (χ1n) is 5.07. The lowest BCUT2D eigenvalue weighted by Gasteiger charge is -2.07. The Morgan fingerprint density at radius 2 is 2.28 bits per heavy atom. The van der Waals surface area contributed by atoms with Gasteiger partial charge in [0.1, 0.15) is 17.7 Å². The quantitative estimate of drug-likeness (QED) is 0.800. The average molecular weight is 239 g/mol. The van der Waals surface area contributed by atoms with Crippen molar-refractivity contribution in [1.29, 1.82) is 0 Å². The number of carbonyl (C=O) groups is 1. The number of carboxylic acids is 1. The van der Waals surface area contributed by atoms with Crippen LogP contribution in [0, 0.1) is 12.3 Å². The maximum atomic E-state index is 11.0. The van der Waals surface area contributed by atoms with Crippen LogP contribution in [0.25, 0.3) is 0 Å². The second-order valence-electron chi connectivity index (χ2n) is 3.44. The van der Waals surface area contributed by atoms with E-state index in [1.54, 1.807) is 24.3 Å². The molecule has 2 N–H and O–H groups in total. The number of hydrogen-bond donors (Lipinski definition) is 2. The zero-order valence-corrected chi connectivity index (χ0v) is 9.29. The SMILES string of the molecule is C#Cc1cccc(Nc2ncncc2C(=O)O)c1. The third-order valence-corrected chi connectivity index (χ3v) is 2.23. The van der Waals surface area contributed by atoms with Crippen molar-refractivity contribution in [1.82, 2.24) is 9.97 Å². The van der Waals surface area contributed by atoms with Crippen molar-refractivity contribution < 1.29 is 9.90 Å². The number of hydrogen-bond acceptors (Lipinski definition) is 4. The Kier molecular flexibility index (Phi) is 3.21. The Morgan fingerprint density at radius 1 is 1.44 bits per heavy atom. The third-order valence-electron chi connectivity index (χ3n) is 2.23. The minimum absolute atomic E-state index is 0.00334. The molecule has 0 radical (unpaired) electrons. The molecule has 0 spiro atoms. The summed E-state index contributed by atoms with van der Waals surface area (Å²) in [5.41, 5.74) is 1.38. The van der Waals surface area contributed by atoms with Gasteiger partial charge in [0.25, 0.3) is 0 Å². The van der Waals surface area contributed by atoms with E-state index in [0.29, 0.717) is 11.3 Å². The molecule has 0 bridgehead atoms. The van der Waals surface area contributed by atoms with E-state index >= 15 is 0 Å². The van der Waals surface area contributed by atoms with Crippen LogP contribution in [0.1, 0.15) is 15.9 Å². The summed E-state index contributed by atoms with van der Waals surface area (Å²) in [6.45, 7) is 0. The number of carboxylic acid groups (broad SMARTS) is 1. The standard InChI is InChI=1S/C13H9N3O2/c1-2-9-4-3-5-10(6-9)16-12-11(13(17)18)7-14-8-15-12/h1,3-8H,(H,17,18)(H,14,15,16). The van der Waals surface area contributed by atoms with Gasteiger partial charge in [-0.15, -0.1) is 6.42 Å². The molecule has 2 rings (SSSR count). The van der Waals surface area contributed by atoms with E-state index in [4.69, 9.17) is 11.5 Å². The lowest BCUT2D eigenvalue weighted by molar-refractivity contribution is 0.0697. The van der Waals surface area contributed by atoms with Gasteiger partial charge in [0.2, 0.25) is 0 Å². The number of aromatic nitrogens is 2. The lowest BCUT2D eigenvalue weighted by atomic mass is 10.2. The van der Waals surface area contributed by atoms with Gasteiger partial charge < -0.3 is 10.4 Å². The molecule has 0 saturated carbocycles. The summed E-state index contributed by atoms with van der Waals surface area (Å²) >= 11 is 0. The van der Waals surface area contributed by atoms with Crippen molar-refractivity contribution in [2.24, 2.45) is 0 Å². The number of terminal acetylenes is 1. The fourth-order valence-corrected chi connectivity index (χ4v) is 1.41. The molecule has 1 heterocycles. The van der Waals surface area contributed by atoms with Crippen molar-refractivity contribution in [2.45, 2.75) is 0 Å². The van der Waals surface area contributed by atoms with Crippen LogP contribution in [0.3, 0.4) is 0 Å². The lowest BCUT2D eigenvalue weighted by Crippen LogP contribution is -2.05. The second kappa shape index (κ2) is 4.97. The van der Waals surface area contributed by atoms with Crippen molar-refractivity contribution in [3.8, 4) is 12.3 Å². The molecule has 0 aliphatic heterocycles. The molecule has 0 aliphatic rings. The topological polar surface area (TPSA) is 75.1 Å². The molecule has 18 heavy (non-hydrogen) atoms. The Morgan fingerprint density at radius 3 is 3.00 bits per heavy atom. The highest BCUT2D eigenvalue weighted by atomic mass is 16.4. The van der Waals surface area contributed by atoms with E-state index in [-0.39, 0.29) is 11.4 Å². The van der Waals surface area contributed by atoms with E-state index in [0.717, 1.165) is 0 Å². The smallest absolute Gasteiger partial charge is 0.341 e. The van der Waals surface area contributed by atoms with Gasteiger partial charge in [0, 0.05) is 17.4 Å². The molecule has 0 amide bonds. The summed E-state index contributed by atoms with van der Waals surface area (Å²) in [5, 5.41) is 11.9. The summed E-state index contributed by atoms with van der Waals surface area (Å²) in [4.78, 5) is 18.6. The molecule has 0 saturated heterocycles. The Bertz CT molecular complexity index is 632. The molecule has 5 heteroatoms. The van der Waals surface area contributed by atoms with E-state index in [2.05, 4.69) is 21.2 Å². The highest BCUT2D eigenvalue weighted by molar-refractivity contribution is 5.93. The van der Waals surface area contributed by atoms with Gasteiger partial charge in [0.15, 0.2) is 0 Å². The summed E-state index contributed by atoms with van der Waals surface area (Å²) in [5.74, 6) is 1.64. The van der Waals surface area contributed by atoms with Crippen LogP contribution in [-0.2, 0) is 0 Å². The molecule has 5 nitrogen and oxygen atoms in total. The second-order valence-corrected chi connectivity index (χ2v) is 3.44. The molecule has 0 atom stereocenters. The van der Waals surface area contributed by atoms with Crippen molar-refractivity contribution >= 4 is 17.5 Å². The molecule has 2 aromatic rings. The molecular weight excluding hydrogens is 230 g/mol. The number of nitrogens with zero attached hydrogens (tertiary/aromatic N) is 2. The fraction of sp³-hybridized carbons (Fsp3) is 0. The molecular formula is C13H9N3O2. The zero-order chi connectivity index (χ0) is 13.0. The minimum Gasteiger partial charge on any atom is -0.477 e. The van der Waals surface area contributed by atoms with Gasteiger partial charge in [-0.1, -0.05) is 12.0 Å². The van der Waals surface area contributed by atoms with E-state index in [1.807, 2.05) is 0 Å². The van der Waals surface area contributed by atoms with Crippen molar-refractivity contribution in [2.75, 3.05) is 5.32 Å². The van der Waals surface area contributed by atoms with E-state index < -0.39 is 5.97 Å². The maximum absolute atomic E-state index is 11.0. The first-order valence-corrected chi connectivity index (χ1v) is 5.07. The van der Waals surface area contributed by atoms with Gasteiger partial charge in [-0.2, -0.15) is 0 Å². The first-order chi connectivity index (χ1) is 8.70. The number of rotatable bonds is 3. The highest BCUT2D eigenvalue weighted by Gasteiger charge is 2.11. The number of aromatic carboxylic acids is 1. The highest BCUT2D eigenvalue weighted by Crippen LogP contribution is 2.18. The predicted octanol–water partition coefficient (Wildman–Crippen LogP) is 1.90. The molecule has 0 fully saturated rings. The van der Waals surface area contributed by atoms with Crippen LogP contribution < -0.4 is 5.32 Å². The monoisotopic (exact) mass is 239 g/mol. The minimum atomic E-state index is -1.09. The summed E-state index contributed by atoms with van der Waals surface area (Å²) < 4.78 is 0. The van der Waals surface area contributed by atoms with Crippen molar-refractivity contribution in [3.05, 3.63) is 47.9 Å². The zero-order valence-electron chi connectivity index (χ0n) is 9.29. The van der Waals surface area contributed by atoms with Crippen LogP contribution in [0.15, 0.2) is 36.8 Å². The summed E-state index contributed by atoms with van der Waals surface area (Å²) in [6, 6.07) is 7.06. The fourth-order valence-electron chi connectivity index (χ4n) is 1.41. The van der Waals surface area contributed by atoms with Gasteiger partial charge in [-0.25, -0.2) is 14.8 Å². The first kappa shape index (κ1) is 11.6. The molecule has 1 aromatic heterocycles. The number of nitrogens with one attached hydrogen (secondary N) is 1. The predicted molar refractivity (Wildman–Crippen MR) is 66.7 cm³/mol. The number of anilines is 2. The number of benzene rings is 1. The normalized spacial score (nSPS) is 9.50. The average Bonchev–Trinajstić information content (AvgIpc) is 2.39. The molecule has 0 aliphatic carbocycles. The van der Waals surface area contributed by atoms with Crippen LogP contribution >= 0.6 is 0 Å². The molecule has 0 unspecified atom stereocenters. The van der Waals surface area contributed by atoms with Gasteiger partial charge in [0.05, 0.1) is 0 Å². The Hall–Kier alpha value is -2.87. The van der Waals surface area contributed by atoms with Gasteiger partial charge in [-0.3, -0.25) is 0 Å². The van der Waals surface area contributed by atoms with Crippen LogP contribution in [0.4, 0.5) is 11.5 Å². The van der Waals surface area contributed by atoms with Gasteiger partial charge in [-0.05, 0) is 18.2 Å². The summed E-state index contributed by atoms with van der Waals surface area (Å²) in [7, 11) is 0. The molecule has 1 aromatic carbocycles. The summed E-state index contributed by atoms with van der Waals surface area (Å²) in [6.07, 6.45) is 7.81. The van der Waals surface area contributed by atoms with E-state index in [9.17, 15) is 4.79 Å². The van der Waals surface area contributed by atoms with Crippen LogP contribution in [0.5, 0.6) is 0 Å². The largest absolute Gasteiger partial charge is 0.477 e. The third kappa shape index (κ3) is 2.44. The molecule has 88 valence electrons. The van der Waals surface area contributed by atoms with Crippen LogP contribution in [-0.4, -0.2) is 21.0 Å². The van der Waals surface area contributed by atoms with Gasteiger partial charge >= 0.3 is 5.97 Å². The Labute approximate surface area is 104 Å². The van der Waals surface area contributed by atoms with E-state index in [1.165, 1.54) is 12.5 Å². The Balaban J connectivity index is 2.34.